The van der Waals surface area contributed by atoms with E-state index < -0.39 is 26.6 Å². The monoisotopic (exact) mass is 678 g/mol. The number of hydrogen-bond acceptors (Lipinski definition) is 6. The molecule has 8 bridgehead atoms. The predicted octanol–water partition coefficient (Wildman–Crippen LogP) is 8.52. The van der Waals surface area contributed by atoms with Crippen LogP contribution in [0.5, 0.6) is 0 Å². The van der Waals surface area contributed by atoms with E-state index in [4.69, 9.17) is 42.2 Å². The van der Waals surface area contributed by atoms with E-state index in [1.54, 1.807) is 0 Å². The van der Waals surface area contributed by atoms with Gasteiger partial charge in [0.2, 0.25) is 11.8 Å². The molecule has 8 fully saturated rings. The van der Waals surface area contributed by atoms with Gasteiger partial charge in [-0.3, -0.25) is 9.13 Å². The summed E-state index contributed by atoms with van der Waals surface area (Å²) in [6.07, 6.45) is 14.2. The Morgan fingerprint density at radius 3 is 1.18 bits per heavy atom. The molecule has 2 heterocycles. The fourth-order valence-electron chi connectivity index (χ4n) is 11.7. The zero-order valence-corrected chi connectivity index (χ0v) is 28.3. The molecule has 0 radical (unpaired) electrons. The van der Waals surface area contributed by atoms with Crippen molar-refractivity contribution in [3.8, 4) is 0 Å². The topological polar surface area (TPSA) is 101 Å². The molecule has 44 heavy (non-hydrogen) atoms. The normalized spacial score (nSPS) is 49.6. The minimum atomic E-state index is -3.42. The van der Waals surface area contributed by atoms with Crippen molar-refractivity contribution < 1.29 is 18.2 Å². The van der Waals surface area contributed by atoms with Crippen LogP contribution in [-0.4, -0.2) is 34.6 Å². The molecule has 0 aromatic heterocycles. The number of hydrogen-bond donors (Lipinski definition) is 2. The summed E-state index contributed by atoms with van der Waals surface area (Å²) in [5.74, 6) is 3.74. The Hall–Kier alpha value is -0.880. The molecule has 0 spiro atoms. The fourth-order valence-corrected chi connectivity index (χ4v) is 17.1. The molecule has 8 nitrogen and oxygen atoms in total. The van der Waals surface area contributed by atoms with Crippen LogP contribution in [0.2, 0.25) is 0 Å². The SMILES string of the molecule is O=[P@@]1(NC23CC4CC(CC(C4)C2)C3)OC(CCl)=N[C@H]1c1ccc([C@@H]2N=C(CCl)O[P@@]2(=O)NC23CC4CC(CC(C4)C2)C3)cc1. The molecule has 0 amide bonds. The van der Waals surface area contributed by atoms with Crippen molar-refractivity contribution in [2.45, 2.75) is 99.7 Å². The lowest BCUT2D eigenvalue weighted by Crippen LogP contribution is -2.57. The molecule has 11 rings (SSSR count). The van der Waals surface area contributed by atoms with Crippen LogP contribution in [0, 0.1) is 35.5 Å². The van der Waals surface area contributed by atoms with E-state index in [1.165, 1.54) is 38.5 Å². The first-order chi connectivity index (χ1) is 21.1. The maximum atomic E-state index is 14.7. The Balaban J connectivity index is 0.987. The summed E-state index contributed by atoms with van der Waals surface area (Å²) in [6.45, 7) is 0. The minimum absolute atomic E-state index is 0.0790. The van der Waals surface area contributed by atoms with Crippen LogP contribution in [0.1, 0.15) is 99.7 Å². The molecule has 0 unspecified atom stereocenters. The highest BCUT2D eigenvalue weighted by Crippen LogP contribution is 2.68. The van der Waals surface area contributed by atoms with Crippen LogP contribution in [-0.2, 0) is 18.2 Å². The quantitative estimate of drug-likeness (QED) is 0.211. The summed E-state index contributed by atoms with van der Waals surface area (Å²) in [6, 6.07) is 7.73. The number of alkyl halides is 2. The lowest BCUT2D eigenvalue weighted by Gasteiger charge is -2.57. The van der Waals surface area contributed by atoms with Crippen LogP contribution < -0.4 is 10.2 Å². The third-order valence-corrected chi connectivity index (χ3v) is 17.4. The van der Waals surface area contributed by atoms with Crippen molar-refractivity contribution in [2.75, 3.05) is 11.8 Å². The molecule has 12 heteroatoms. The van der Waals surface area contributed by atoms with Crippen LogP contribution in [0.4, 0.5) is 0 Å². The highest BCUT2D eigenvalue weighted by atomic mass is 35.5. The smallest absolute Gasteiger partial charge is 0.346 e. The third kappa shape index (κ3) is 4.83. The van der Waals surface area contributed by atoms with Crippen LogP contribution >= 0.6 is 38.2 Å². The molecule has 8 aliphatic carbocycles. The van der Waals surface area contributed by atoms with Crippen LogP contribution in [0.3, 0.4) is 0 Å². The van der Waals surface area contributed by atoms with Gasteiger partial charge in [0.05, 0.1) is 11.8 Å². The summed E-state index contributed by atoms with van der Waals surface area (Å²) < 4.78 is 41.5. The zero-order chi connectivity index (χ0) is 29.9. The van der Waals surface area contributed by atoms with Gasteiger partial charge in [-0.2, -0.15) is 0 Å². The summed E-state index contributed by atoms with van der Waals surface area (Å²) >= 11 is 12.4. The molecular weight excluding hydrogens is 637 g/mol. The van der Waals surface area contributed by atoms with Crippen molar-refractivity contribution in [1.29, 1.82) is 0 Å². The van der Waals surface area contributed by atoms with Gasteiger partial charge in [-0.1, -0.05) is 24.3 Å². The van der Waals surface area contributed by atoms with Gasteiger partial charge >= 0.3 is 15.0 Å². The van der Waals surface area contributed by atoms with E-state index in [0.29, 0.717) is 47.3 Å². The van der Waals surface area contributed by atoms with Gasteiger partial charge in [0.1, 0.15) is 0 Å². The van der Waals surface area contributed by atoms with Gasteiger partial charge in [-0.25, -0.2) is 20.2 Å². The van der Waals surface area contributed by atoms with Gasteiger partial charge in [0.15, 0.2) is 11.6 Å². The number of halogens is 2. The maximum Gasteiger partial charge on any atom is 0.346 e. The molecule has 8 saturated carbocycles. The van der Waals surface area contributed by atoms with Crippen LogP contribution in [0.25, 0.3) is 0 Å². The molecule has 1 aromatic rings. The highest BCUT2D eigenvalue weighted by molar-refractivity contribution is 7.58. The predicted molar refractivity (Wildman–Crippen MR) is 174 cm³/mol. The Labute approximate surface area is 269 Å². The van der Waals surface area contributed by atoms with Crippen molar-refractivity contribution in [3.63, 3.8) is 0 Å². The van der Waals surface area contributed by atoms with E-state index in [9.17, 15) is 9.13 Å². The largest absolute Gasteiger partial charge is 0.416 e. The highest BCUT2D eigenvalue weighted by Gasteiger charge is 2.58. The first kappa shape index (κ1) is 29.3. The summed E-state index contributed by atoms with van der Waals surface area (Å²) in [5, 5.41) is 7.26. The van der Waals surface area contributed by atoms with Gasteiger partial charge < -0.3 is 9.05 Å². The Morgan fingerprint density at radius 2 is 0.909 bits per heavy atom. The molecule has 2 N–H and O–H groups in total. The minimum Gasteiger partial charge on any atom is -0.416 e. The van der Waals surface area contributed by atoms with Crippen LogP contribution in [0.15, 0.2) is 34.3 Å². The van der Waals surface area contributed by atoms with E-state index >= 15 is 0 Å². The van der Waals surface area contributed by atoms with Crippen molar-refractivity contribution in [1.82, 2.24) is 10.2 Å². The van der Waals surface area contributed by atoms with Crippen molar-refractivity contribution in [3.05, 3.63) is 35.4 Å². The molecule has 10 aliphatic rings. The van der Waals surface area contributed by atoms with Gasteiger partial charge in [-0.05, 0) is 124 Å². The Morgan fingerprint density at radius 1 is 0.614 bits per heavy atom. The summed E-state index contributed by atoms with van der Waals surface area (Å²) in [7, 11) is -6.84. The third-order valence-electron chi connectivity index (χ3n) is 12.3. The standard InChI is InChI=1S/C32H42Cl2N4O4P2/c33-17-27-35-29(43(39,41-27)37-31-11-19-5-20(12-31)7-21(6-19)13-31)25-1-2-26(4-3-25)30-36-28(18-34)42-44(30,40)38-32-14-22-8-23(15-32)10-24(9-22)16-32/h1-4,19-24,29-30H,5-18H2,(H,37,39)(H,38,40)/t19?,20?,21?,22?,23?,24?,29-,30-,31?,32?,43-,44-/m1/s1. The van der Waals surface area contributed by atoms with Crippen molar-refractivity contribution in [2.24, 2.45) is 45.5 Å². The van der Waals surface area contributed by atoms with Crippen molar-refractivity contribution >= 4 is 50.0 Å². The molecule has 0 saturated heterocycles. The number of nitrogens with zero attached hydrogens (tertiary/aromatic N) is 2. The molecule has 238 valence electrons. The second-order valence-corrected chi connectivity index (χ2v) is 20.4. The lowest BCUT2D eigenvalue weighted by atomic mass is 9.53. The number of aliphatic imine (C=N–C) groups is 2. The van der Waals surface area contributed by atoms with E-state index in [1.807, 2.05) is 24.3 Å². The zero-order valence-electron chi connectivity index (χ0n) is 25.0. The average molecular weight is 680 g/mol. The maximum absolute atomic E-state index is 14.7. The summed E-state index contributed by atoms with van der Waals surface area (Å²) in [4.78, 5) is 9.46. The van der Waals surface area contributed by atoms with E-state index in [0.717, 1.165) is 49.7 Å². The van der Waals surface area contributed by atoms with Gasteiger partial charge in [-0.15, -0.1) is 23.2 Å². The first-order valence-electron chi connectivity index (χ1n) is 16.7. The van der Waals surface area contributed by atoms with E-state index in [2.05, 4.69) is 10.2 Å². The van der Waals surface area contributed by atoms with Gasteiger partial charge in [0.25, 0.3) is 0 Å². The second kappa shape index (κ2) is 10.3. The number of rotatable bonds is 8. The number of nitrogens with one attached hydrogen (secondary N) is 2. The molecule has 1 aromatic carbocycles. The summed E-state index contributed by atoms with van der Waals surface area (Å²) in [5.41, 5.74) is 1.28. The average Bonchev–Trinajstić information content (AvgIpc) is 3.46. The Bertz CT molecular complexity index is 1330. The molecule has 4 atom stereocenters. The first-order valence-corrected chi connectivity index (χ1v) is 21.1. The molecule has 2 aliphatic heterocycles. The molecular formula is C32H42Cl2N4O4P2. The second-order valence-electron chi connectivity index (χ2n) is 15.7. The number of benzene rings is 1. The van der Waals surface area contributed by atoms with E-state index in [-0.39, 0.29) is 22.8 Å². The fraction of sp³-hybridized carbons (Fsp3) is 0.750. The Kier molecular flexibility index (Phi) is 6.86. The van der Waals surface area contributed by atoms with Gasteiger partial charge in [0, 0.05) is 11.1 Å². The lowest BCUT2D eigenvalue weighted by molar-refractivity contribution is -0.00990.